The Morgan fingerprint density at radius 1 is 1.00 bits per heavy atom. The van der Waals surface area contributed by atoms with E-state index < -0.39 is 12.0 Å². The molecule has 0 saturated carbocycles. The minimum absolute atomic E-state index is 0.194. The van der Waals surface area contributed by atoms with E-state index >= 15 is 0 Å². The van der Waals surface area contributed by atoms with Gasteiger partial charge < -0.3 is 18.9 Å². The van der Waals surface area contributed by atoms with Crippen LogP contribution in [-0.4, -0.2) is 30.9 Å². The maximum absolute atomic E-state index is 14.0. The molecular weight excluding hydrogens is 632 g/mol. The summed E-state index contributed by atoms with van der Waals surface area (Å²) in [6.07, 6.45) is 1.82. The van der Waals surface area contributed by atoms with E-state index in [1.807, 2.05) is 67.6 Å². The molecule has 1 aliphatic heterocycles. The quantitative estimate of drug-likeness (QED) is 0.207. The lowest BCUT2D eigenvalue weighted by atomic mass is 9.95. The third-order valence-corrected chi connectivity index (χ3v) is 8.41. The molecule has 0 aliphatic carbocycles. The molecule has 8 nitrogen and oxygen atoms in total. The Balaban J connectivity index is 1.57. The van der Waals surface area contributed by atoms with Crippen LogP contribution >= 0.6 is 27.3 Å². The number of rotatable bonds is 10. The Bertz CT molecular complexity index is 1860. The highest BCUT2D eigenvalue weighted by Crippen LogP contribution is 2.36. The van der Waals surface area contributed by atoms with Crippen molar-refractivity contribution in [3.05, 3.63) is 119 Å². The highest BCUT2D eigenvalue weighted by atomic mass is 79.9. The van der Waals surface area contributed by atoms with E-state index in [2.05, 4.69) is 20.9 Å². The number of allylic oxidation sites excluding steroid dienone is 1. The highest BCUT2D eigenvalue weighted by molar-refractivity contribution is 9.10. The molecule has 0 N–H and O–H groups in total. The molecule has 2 heterocycles. The third kappa shape index (κ3) is 6.45. The molecule has 10 heteroatoms. The number of hydrogen-bond donors (Lipinski definition) is 0. The molecule has 5 rings (SSSR count). The topological polar surface area (TPSA) is 88.4 Å². The average molecular weight is 664 g/mol. The van der Waals surface area contributed by atoms with Crippen LogP contribution in [0.25, 0.3) is 6.08 Å². The summed E-state index contributed by atoms with van der Waals surface area (Å²) in [4.78, 5) is 32.4. The van der Waals surface area contributed by atoms with Crippen molar-refractivity contribution < 1.29 is 23.7 Å². The van der Waals surface area contributed by atoms with Gasteiger partial charge in [0.05, 0.1) is 46.6 Å². The van der Waals surface area contributed by atoms with Gasteiger partial charge in [0.25, 0.3) is 5.56 Å². The molecule has 1 atom stereocenters. The molecule has 1 aromatic heterocycles. The number of nitrogens with zero attached hydrogens (tertiary/aromatic N) is 2. The Morgan fingerprint density at radius 3 is 2.47 bits per heavy atom. The minimum atomic E-state index is -0.761. The predicted octanol–water partition coefficient (Wildman–Crippen LogP) is 5.55. The second kappa shape index (κ2) is 13.4. The third-order valence-electron chi connectivity index (χ3n) is 6.81. The lowest BCUT2D eigenvalue weighted by molar-refractivity contribution is -0.139. The number of aromatic nitrogens is 1. The van der Waals surface area contributed by atoms with E-state index in [4.69, 9.17) is 18.9 Å². The van der Waals surface area contributed by atoms with Gasteiger partial charge in [-0.1, -0.05) is 53.8 Å². The molecule has 3 aromatic carbocycles. The van der Waals surface area contributed by atoms with Gasteiger partial charge in [0.2, 0.25) is 0 Å². The number of hydrogen-bond acceptors (Lipinski definition) is 8. The van der Waals surface area contributed by atoms with Crippen LogP contribution in [0.5, 0.6) is 17.2 Å². The SMILES string of the molecule is CCOC(=O)C1=C(C)N=c2s/c(=C\c3ccc(OCc4ccccc4)c(Br)c3)c(=O)n2[C@@H]1c1ccc(OC)c(OCC)c1. The number of fused-ring (bicyclic) bond motifs is 1. The fourth-order valence-corrected chi connectivity index (χ4v) is 6.41. The molecule has 0 bridgehead atoms. The summed E-state index contributed by atoms with van der Waals surface area (Å²) in [7, 11) is 1.56. The van der Waals surface area contributed by atoms with Crippen LogP contribution in [0.2, 0.25) is 0 Å². The van der Waals surface area contributed by atoms with Crippen molar-refractivity contribution in [2.24, 2.45) is 4.99 Å². The van der Waals surface area contributed by atoms with E-state index in [9.17, 15) is 9.59 Å². The van der Waals surface area contributed by atoms with Gasteiger partial charge in [0, 0.05) is 0 Å². The maximum Gasteiger partial charge on any atom is 0.338 e. The predicted molar refractivity (Wildman–Crippen MR) is 169 cm³/mol. The van der Waals surface area contributed by atoms with Crippen LogP contribution < -0.4 is 29.1 Å². The number of esters is 1. The second-order valence-electron chi connectivity index (χ2n) is 9.61. The molecule has 4 aromatic rings. The largest absolute Gasteiger partial charge is 0.493 e. The standard InChI is InChI=1S/C33H31BrN2O6S/c1-5-40-27-18-23(13-15-26(27)39-4)30-29(32(38)41-6-2)20(3)35-33-36(30)31(37)28(43-33)17-22-12-14-25(24(34)16-22)42-19-21-10-8-7-9-11-21/h7-18,30H,5-6,19H2,1-4H3/b28-17-/t30-/m1/s1. The minimum Gasteiger partial charge on any atom is -0.493 e. The van der Waals surface area contributed by atoms with Crippen molar-refractivity contribution in [2.75, 3.05) is 20.3 Å². The first-order valence-electron chi connectivity index (χ1n) is 13.8. The first-order chi connectivity index (χ1) is 20.8. The number of methoxy groups -OCH3 is 1. The number of benzene rings is 3. The van der Waals surface area contributed by atoms with E-state index in [1.54, 1.807) is 37.7 Å². The Labute approximate surface area is 261 Å². The molecule has 222 valence electrons. The van der Waals surface area contributed by atoms with Gasteiger partial charge in [-0.25, -0.2) is 9.79 Å². The summed E-state index contributed by atoms with van der Waals surface area (Å²) in [5.41, 5.74) is 3.08. The highest BCUT2D eigenvalue weighted by Gasteiger charge is 2.34. The van der Waals surface area contributed by atoms with Gasteiger partial charge in [-0.15, -0.1) is 0 Å². The Morgan fingerprint density at radius 2 is 1.77 bits per heavy atom. The first-order valence-corrected chi connectivity index (χ1v) is 15.4. The summed E-state index contributed by atoms with van der Waals surface area (Å²) >= 11 is 4.87. The van der Waals surface area contributed by atoms with Gasteiger partial charge in [-0.2, -0.15) is 0 Å². The van der Waals surface area contributed by atoms with Gasteiger partial charge >= 0.3 is 5.97 Å². The summed E-state index contributed by atoms with van der Waals surface area (Å²) < 4.78 is 25.5. The summed E-state index contributed by atoms with van der Waals surface area (Å²) in [6, 6.07) is 20.2. The number of carbonyl (C=O) groups is 1. The average Bonchev–Trinajstić information content (AvgIpc) is 3.30. The Kier molecular flexibility index (Phi) is 9.47. The van der Waals surface area contributed by atoms with E-state index in [0.717, 1.165) is 15.6 Å². The van der Waals surface area contributed by atoms with Gasteiger partial charge in [-0.3, -0.25) is 9.36 Å². The molecule has 0 fully saturated rings. The fourth-order valence-electron chi connectivity index (χ4n) is 4.85. The van der Waals surface area contributed by atoms with Crippen molar-refractivity contribution in [3.63, 3.8) is 0 Å². The zero-order chi connectivity index (χ0) is 30.5. The van der Waals surface area contributed by atoms with Gasteiger partial charge in [-0.05, 0) is 83.7 Å². The number of carbonyl (C=O) groups excluding carboxylic acids is 1. The summed E-state index contributed by atoms with van der Waals surface area (Å²) in [5, 5.41) is 0. The molecular formula is C33H31BrN2O6S. The maximum atomic E-state index is 14.0. The van der Waals surface area contributed by atoms with Crippen molar-refractivity contribution in [1.29, 1.82) is 0 Å². The van der Waals surface area contributed by atoms with Gasteiger partial charge in [0.1, 0.15) is 12.4 Å². The molecule has 0 radical (unpaired) electrons. The zero-order valence-corrected chi connectivity index (χ0v) is 26.7. The molecule has 43 heavy (non-hydrogen) atoms. The number of thiazole rings is 1. The zero-order valence-electron chi connectivity index (χ0n) is 24.3. The molecule has 1 aliphatic rings. The van der Waals surface area contributed by atoms with Crippen molar-refractivity contribution >= 4 is 39.3 Å². The Hall–Kier alpha value is -4.15. The smallest absolute Gasteiger partial charge is 0.338 e. The van der Waals surface area contributed by atoms with E-state index in [-0.39, 0.29) is 12.2 Å². The van der Waals surface area contributed by atoms with Crippen LogP contribution in [0.1, 0.15) is 43.5 Å². The van der Waals surface area contributed by atoms with E-state index in [1.165, 1.54) is 11.3 Å². The van der Waals surface area contributed by atoms with Crippen molar-refractivity contribution in [2.45, 2.75) is 33.4 Å². The fraction of sp³-hybridized carbons (Fsp3) is 0.242. The normalized spacial score (nSPS) is 14.6. The molecule has 0 spiro atoms. The number of ether oxygens (including phenoxy) is 4. The van der Waals surface area contributed by atoms with Crippen molar-refractivity contribution in [3.8, 4) is 17.2 Å². The van der Waals surface area contributed by atoms with Crippen LogP contribution in [0.4, 0.5) is 0 Å². The monoisotopic (exact) mass is 662 g/mol. The van der Waals surface area contributed by atoms with Crippen LogP contribution in [0.15, 0.2) is 92.3 Å². The number of halogens is 1. The van der Waals surface area contributed by atoms with Crippen LogP contribution in [-0.2, 0) is 16.1 Å². The summed E-state index contributed by atoms with van der Waals surface area (Å²) in [5.74, 6) is 1.24. The summed E-state index contributed by atoms with van der Waals surface area (Å²) in [6.45, 7) is 6.44. The molecule has 0 amide bonds. The lowest BCUT2D eigenvalue weighted by Crippen LogP contribution is -2.40. The lowest BCUT2D eigenvalue weighted by Gasteiger charge is -2.25. The van der Waals surface area contributed by atoms with Gasteiger partial charge in [0.15, 0.2) is 16.3 Å². The molecule has 0 saturated heterocycles. The van der Waals surface area contributed by atoms with Crippen LogP contribution in [0.3, 0.4) is 0 Å². The van der Waals surface area contributed by atoms with Crippen LogP contribution in [0, 0.1) is 0 Å². The molecule has 0 unspecified atom stereocenters. The van der Waals surface area contributed by atoms with Crippen molar-refractivity contribution in [1.82, 2.24) is 4.57 Å². The first kappa shape index (κ1) is 30.3. The second-order valence-corrected chi connectivity index (χ2v) is 11.5. The van der Waals surface area contributed by atoms with E-state index in [0.29, 0.717) is 56.6 Å².